The number of halogens is 1. The minimum Gasteiger partial charge on any atom is -0.493 e. The molecule has 1 saturated heterocycles. The zero-order valence-corrected chi connectivity index (χ0v) is 18.9. The fourth-order valence-electron chi connectivity index (χ4n) is 2.82. The summed E-state index contributed by atoms with van der Waals surface area (Å²) in [7, 11) is 3.00. The zero-order valence-electron chi connectivity index (χ0n) is 16.5. The van der Waals surface area contributed by atoms with Gasteiger partial charge in [0, 0.05) is 15.7 Å². The van der Waals surface area contributed by atoms with Crippen LogP contribution in [-0.4, -0.2) is 42.7 Å². The predicted molar refractivity (Wildman–Crippen MR) is 120 cm³/mol. The lowest BCUT2D eigenvalue weighted by molar-refractivity contribution is -0.127. The van der Waals surface area contributed by atoms with Gasteiger partial charge in [-0.2, -0.15) is 0 Å². The van der Waals surface area contributed by atoms with Crippen LogP contribution in [0, 0.1) is 6.92 Å². The molecule has 3 rings (SSSR count). The highest BCUT2D eigenvalue weighted by atomic mass is 79.9. The van der Waals surface area contributed by atoms with Gasteiger partial charge in [0.15, 0.2) is 11.5 Å². The van der Waals surface area contributed by atoms with Crippen molar-refractivity contribution >= 4 is 56.5 Å². The number of amides is 3. The lowest BCUT2D eigenvalue weighted by Gasteiger charge is -2.13. The highest BCUT2D eigenvalue weighted by Crippen LogP contribution is 2.39. The van der Waals surface area contributed by atoms with E-state index in [2.05, 4.69) is 21.2 Å². The first-order valence-electron chi connectivity index (χ1n) is 8.85. The highest BCUT2D eigenvalue weighted by Gasteiger charge is 2.36. The molecule has 1 aliphatic heterocycles. The number of hydrogen-bond acceptors (Lipinski definition) is 6. The first-order valence-corrected chi connectivity index (χ1v) is 10.5. The van der Waals surface area contributed by atoms with Crippen molar-refractivity contribution < 1.29 is 23.9 Å². The molecule has 0 radical (unpaired) electrons. The third kappa shape index (κ3) is 4.85. The van der Waals surface area contributed by atoms with E-state index in [9.17, 15) is 14.4 Å². The quantitative estimate of drug-likeness (QED) is 0.602. The summed E-state index contributed by atoms with van der Waals surface area (Å²) in [5.74, 6) is -0.0754. The van der Waals surface area contributed by atoms with Gasteiger partial charge >= 0.3 is 0 Å². The van der Waals surface area contributed by atoms with Crippen molar-refractivity contribution in [1.29, 1.82) is 0 Å². The number of anilines is 1. The molecule has 0 saturated carbocycles. The van der Waals surface area contributed by atoms with E-state index in [0.29, 0.717) is 22.7 Å². The summed E-state index contributed by atoms with van der Waals surface area (Å²) in [6.07, 6.45) is 1.55. The van der Waals surface area contributed by atoms with Crippen LogP contribution in [0.4, 0.5) is 10.5 Å². The molecular formula is C21H19BrN2O5S. The number of imide groups is 1. The standard InChI is InChI=1S/C21H19BrN2O5S/c1-12-4-6-15(7-5-12)23-18(25)11-24-20(26)17(30-21(24)27)9-13-8-14(22)10-16(28-2)19(13)29-3/h4-10H,11H2,1-3H3,(H,23,25)/b17-9-. The second-order valence-corrected chi connectivity index (χ2v) is 8.32. The van der Waals surface area contributed by atoms with Gasteiger partial charge in [0.1, 0.15) is 6.54 Å². The average molecular weight is 491 g/mol. The lowest BCUT2D eigenvalue weighted by Crippen LogP contribution is -2.36. The summed E-state index contributed by atoms with van der Waals surface area (Å²) in [5, 5.41) is 2.18. The fraction of sp³-hybridized carbons (Fsp3) is 0.190. The van der Waals surface area contributed by atoms with Gasteiger partial charge in [0.05, 0.1) is 19.1 Å². The van der Waals surface area contributed by atoms with E-state index in [1.807, 2.05) is 19.1 Å². The fourth-order valence-corrected chi connectivity index (χ4v) is 4.11. The number of rotatable bonds is 6. The summed E-state index contributed by atoms with van der Waals surface area (Å²) >= 11 is 4.16. The Kier molecular flexibility index (Phi) is 6.84. The van der Waals surface area contributed by atoms with Gasteiger partial charge in [0.25, 0.3) is 11.1 Å². The number of carbonyl (C=O) groups is 3. The number of aryl methyl sites for hydroxylation is 1. The summed E-state index contributed by atoms with van der Waals surface area (Å²) in [6.45, 7) is 1.57. The van der Waals surface area contributed by atoms with E-state index < -0.39 is 17.1 Å². The van der Waals surface area contributed by atoms with Crippen LogP contribution in [-0.2, 0) is 9.59 Å². The van der Waals surface area contributed by atoms with E-state index in [-0.39, 0.29) is 11.4 Å². The summed E-state index contributed by atoms with van der Waals surface area (Å²) in [4.78, 5) is 38.5. The molecule has 7 nitrogen and oxygen atoms in total. The molecule has 30 heavy (non-hydrogen) atoms. The first-order chi connectivity index (χ1) is 14.3. The number of thioether (sulfide) groups is 1. The lowest BCUT2D eigenvalue weighted by atomic mass is 10.1. The molecule has 0 spiro atoms. The molecule has 2 aromatic rings. The van der Waals surface area contributed by atoms with Crippen LogP contribution in [0.2, 0.25) is 0 Å². The average Bonchev–Trinajstić information content (AvgIpc) is 2.96. The number of carbonyl (C=O) groups excluding carboxylic acids is 3. The number of ether oxygens (including phenoxy) is 2. The Morgan fingerprint density at radius 3 is 2.50 bits per heavy atom. The van der Waals surface area contributed by atoms with Crippen molar-refractivity contribution in [3.05, 3.63) is 56.9 Å². The van der Waals surface area contributed by atoms with Gasteiger partial charge in [0.2, 0.25) is 5.91 Å². The molecule has 0 bridgehead atoms. The number of benzene rings is 2. The molecule has 1 N–H and O–H groups in total. The van der Waals surface area contributed by atoms with Crippen molar-refractivity contribution in [2.45, 2.75) is 6.92 Å². The monoisotopic (exact) mass is 490 g/mol. The van der Waals surface area contributed by atoms with Gasteiger partial charge in [-0.05, 0) is 49.0 Å². The number of nitrogens with zero attached hydrogens (tertiary/aromatic N) is 1. The third-order valence-corrected chi connectivity index (χ3v) is 5.63. The molecule has 1 fully saturated rings. The van der Waals surface area contributed by atoms with Gasteiger partial charge in [-0.15, -0.1) is 0 Å². The first kappa shape index (κ1) is 21.9. The molecule has 2 aromatic carbocycles. The SMILES string of the molecule is COc1cc(Br)cc(/C=C2\SC(=O)N(CC(=O)Nc3ccc(C)cc3)C2=O)c1OC. The van der Waals surface area contributed by atoms with Crippen LogP contribution in [0.1, 0.15) is 11.1 Å². The molecule has 0 aromatic heterocycles. The van der Waals surface area contributed by atoms with Crippen LogP contribution in [0.25, 0.3) is 6.08 Å². The van der Waals surface area contributed by atoms with Crippen molar-refractivity contribution in [3.63, 3.8) is 0 Å². The zero-order chi connectivity index (χ0) is 21.8. The summed E-state index contributed by atoms with van der Waals surface area (Å²) < 4.78 is 11.4. The number of hydrogen-bond donors (Lipinski definition) is 1. The molecule has 1 heterocycles. The normalized spacial score (nSPS) is 14.9. The summed E-state index contributed by atoms with van der Waals surface area (Å²) in [5.41, 5.74) is 2.22. The Balaban J connectivity index is 1.78. The van der Waals surface area contributed by atoms with Crippen LogP contribution >= 0.6 is 27.7 Å². The molecular weight excluding hydrogens is 472 g/mol. The second kappa shape index (κ2) is 9.36. The van der Waals surface area contributed by atoms with Crippen molar-refractivity contribution in [3.8, 4) is 11.5 Å². The van der Waals surface area contributed by atoms with Crippen molar-refractivity contribution in [2.75, 3.05) is 26.1 Å². The molecule has 9 heteroatoms. The van der Waals surface area contributed by atoms with Crippen LogP contribution in [0.15, 0.2) is 45.8 Å². The van der Waals surface area contributed by atoms with E-state index in [1.165, 1.54) is 14.2 Å². The van der Waals surface area contributed by atoms with Gasteiger partial charge in [-0.1, -0.05) is 33.6 Å². The minimum atomic E-state index is -0.537. The second-order valence-electron chi connectivity index (χ2n) is 6.41. The third-order valence-electron chi connectivity index (χ3n) is 4.27. The van der Waals surface area contributed by atoms with Crippen molar-refractivity contribution in [1.82, 2.24) is 4.90 Å². The predicted octanol–water partition coefficient (Wildman–Crippen LogP) is 4.45. The maximum absolute atomic E-state index is 12.7. The van der Waals surface area contributed by atoms with Crippen LogP contribution < -0.4 is 14.8 Å². The van der Waals surface area contributed by atoms with E-state index >= 15 is 0 Å². The smallest absolute Gasteiger partial charge is 0.294 e. The van der Waals surface area contributed by atoms with Crippen molar-refractivity contribution in [2.24, 2.45) is 0 Å². The maximum Gasteiger partial charge on any atom is 0.294 e. The molecule has 156 valence electrons. The Labute approximate surface area is 186 Å². The van der Waals surface area contributed by atoms with Crippen LogP contribution in [0.3, 0.4) is 0 Å². The van der Waals surface area contributed by atoms with Crippen LogP contribution in [0.5, 0.6) is 11.5 Å². The van der Waals surface area contributed by atoms with Gasteiger partial charge in [-0.25, -0.2) is 0 Å². The van der Waals surface area contributed by atoms with E-state index in [1.54, 1.807) is 30.3 Å². The maximum atomic E-state index is 12.7. The molecule has 1 aliphatic rings. The Bertz CT molecular complexity index is 1040. The largest absolute Gasteiger partial charge is 0.493 e. The molecule has 0 aliphatic carbocycles. The summed E-state index contributed by atoms with van der Waals surface area (Å²) in [6, 6.07) is 10.7. The van der Waals surface area contributed by atoms with E-state index in [4.69, 9.17) is 9.47 Å². The molecule has 0 unspecified atom stereocenters. The highest BCUT2D eigenvalue weighted by molar-refractivity contribution is 9.10. The molecule has 0 atom stereocenters. The Hall–Kier alpha value is -2.78. The minimum absolute atomic E-state index is 0.196. The number of methoxy groups -OCH3 is 2. The van der Waals surface area contributed by atoms with Gasteiger partial charge in [-0.3, -0.25) is 19.3 Å². The number of nitrogens with one attached hydrogen (secondary N) is 1. The Morgan fingerprint density at radius 2 is 1.87 bits per heavy atom. The topological polar surface area (TPSA) is 84.9 Å². The Morgan fingerprint density at radius 1 is 1.17 bits per heavy atom. The molecule has 3 amide bonds. The van der Waals surface area contributed by atoms with E-state index in [0.717, 1.165) is 26.7 Å². The van der Waals surface area contributed by atoms with Gasteiger partial charge < -0.3 is 14.8 Å².